The highest BCUT2D eigenvalue weighted by atomic mass is 16.5. The molecule has 0 saturated heterocycles. The van der Waals surface area contributed by atoms with Gasteiger partial charge in [0.25, 0.3) is 0 Å². The molecular formula is C53H103NO5. The van der Waals surface area contributed by atoms with Gasteiger partial charge in [-0.1, -0.05) is 238 Å². The van der Waals surface area contributed by atoms with E-state index in [2.05, 4.69) is 38.2 Å². The van der Waals surface area contributed by atoms with Crippen molar-refractivity contribution in [3.05, 3.63) is 12.2 Å². The Hall–Kier alpha value is -1.40. The third-order valence-electron chi connectivity index (χ3n) is 12.3. The second kappa shape index (κ2) is 47.6. The number of carbonyl (C=O) groups excluding carboxylic acids is 2. The highest BCUT2D eigenvalue weighted by Gasteiger charge is 2.24. The first kappa shape index (κ1) is 57.6. The Morgan fingerprint density at radius 1 is 0.475 bits per heavy atom. The summed E-state index contributed by atoms with van der Waals surface area (Å²) in [7, 11) is 0. The Morgan fingerprint density at radius 2 is 0.814 bits per heavy atom. The van der Waals surface area contributed by atoms with Crippen molar-refractivity contribution in [2.45, 2.75) is 309 Å². The van der Waals surface area contributed by atoms with Gasteiger partial charge in [-0.05, 0) is 51.4 Å². The number of unbranched alkanes of at least 4 members (excludes halogenated alkanes) is 34. The second-order valence-electron chi connectivity index (χ2n) is 18.3. The molecule has 0 aliphatic heterocycles. The summed E-state index contributed by atoms with van der Waals surface area (Å²) in [5, 5.41) is 23.8. The summed E-state index contributed by atoms with van der Waals surface area (Å²) in [5.74, 6) is -0.463. The van der Waals surface area contributed by atoms with Crippen LogP contribution in [0.3, 0.4) is 0 Å². The van der Waals surface area contributed by atoms with Crippen molar-refractivity contribution in [1.82, 2.24) is 5.32 Å². The molecular weight excluding hydrogens is 731 g/mol. The van der Waals surface area contributed by atoms with E-state index in [1.54, 1.807) is 0 Å². The number of aliphatic hydroxyl groups is 2. The molecule has 0 saturated carbocycles. The fraction of sp³-hybridized carbons (Fsp3) is 0.925. The minimum atomic E-state index is -0.782. The molecule has 0 aromatic rings. The van der Waals surface area contributed by atoms with Crippen molar-refractivity contribution in [3.63, 3.8) is 0 Å². The highest BCUT2D eigenvalue weighted by Crippen LogP contribution is 2.18. The van der Waals surface area contributed by atoms with E-state index in [0.29, 0.717) is 19.3 Å². The Labute approximate surface area is 368 Å². The van der Waals surface area contributed by atoms with E-state index < -0.39 is 18.2 Å². The van der Waals surface area contributed by atoms with Crippen LogP contribution in [0.1, 0.15) is 290 Å². The fourth-order valence-corrected chi connectivity index (χ4v) is 8.31. The van der Waals surface area contributed by atoms with Crippen molar-refractivity contribution < 1.29 is 24.5 Å². The summed E-state index contributed by atoms with van der Waals surface area (Å²) in [6, 6.07) is -0.695. The molecule has 0 radical (unpaired) electrons. The van der Waals surface area contributed by atoms with Gasteiger partial charge in [0.15, 0.2) is 0 Å². The first-order chi connectivity index (χ1) is 29.0. The SMILES string of the molecule is CCCCCC/C=C\CCCCCCCCCC(=O)OC(CCCCCCCCCCCC)CC(=O)NC(CO)C(O)CCCCCCCCCCCCCCCCC. The zero-order valence-corrected chi connectivity index (χ0v) is 39.9. The van der Waals surface area contributed by atoms with E-state index in [0.717, 1.165) is 44.9 Å². The summed E-state index contributed by atoms with van der Waals surface area (Å²) in [6.45, 7) is 6.49. The topological polar surface area (TPSA) is 95.9 Å². The second-order valence-corrected chi connectivity index (χ2v) is 18.3. The maximum Gasteiger partial charge on any atom is 0.306 e. The Morgan fingerprint density at radius 3 is 1.22 bits per heavy atom. The van der Waals surface area contributed by atoms with Crippen LogP contribution in [-0.2, 0) is 14.3 Å². The number of ether oxygens (including phenoxy) is 1. The van der Waals surface area contributed by atoms with Crippen LogP contribution in [0.4, 0.5) is 0 Å². The van der Waals surface area contributed by atoms with Crippen LogP contribution in [0.25, 0.3) is 0 Å². The molecule has 350 valence electrons. The zero-order chi connectivity index (χ0) is 43.1. The molecule has 0 aromatic heterocycles. The van der Waals surface area contributed by atoms with Crippen LogP contribution in [0, 0.1) is 0 Å². The average Bonchev–Trinajstić information content (AvgIpc) is 3.23. The largest absolute Gasteiger partial charge is 0.462 e. The molecule has 0 bridgehead atoms. The van der Waals surface area contributed by atoms with E-state index in [4.69, 9.17) is 4.74 Å². The molecule has 0 aliphatic carbocycles. The van der Waals surface area contributed by atoms with Gasteiger partial charge in [0, 0.05) is 6.42 Å². The number of hydrogen-bond donors (Lipinski definition) is 3. The number of hydrogen-bond acceptors (Lipinski definition) is 5. The van der Waals surface area contributed by atoms with Crippen molar-refractivity contribution in [2.24, 2.45) is 0 Å². The number of allylic oxidation sites excluding steroid dienone is 2. The molecule has 3 unspecified atom stereocenters. The number of rotatable bonds is 48. The van der Waals surface area contributed by atoms with Crippen LogP contribution < -0.4 is 5.32 Å². The Balaban J connectivity index is 4.45. The molecule has 0 spiro atoms. The maximum atomic E-state index is 13.2. The lowest BCUT2D eigenvalue weighted by molar-refractivity contribution is -0.151. The molecule has 3 N–H and O–H groups in total. The third-order valence-corrected chi connectivity index (χ3v) is 12.3. The number of nitrogens with one attached hydrogen (secondary N) is 1. The Kier molecular flexibility index (Phi) is 46.5. The highest BCUT2D eigenvalue weighted by molar-refractivity contribution is 5.77. The van der Waals surface area contributed by atoms with Crippen LogP contribution >= 0.6 is 0 Å². The zero-order valence-electron chi connectivity index (χ0n) is 39.9. The van der Waals surface area contributed by atoms with Gasteiger partial charge in [-0.15, -0.1) is 0 Å². The first-order valence-electron chi connectivity index (χ1n) is 26.4. The maximum absolute atomic E-state index is 13.2. The molecule has 0 aliphatic rings. The number of amides is 1. The average molecular weight is 834 g/mol. The van der Waals surface area contributed by atoms with Crippen LogP contribution in [0.2, 0.25) is 0 Å². The van der Waals surface area contributed by atoms with E-state index >= 15 is 0 Å². The summed E-state index contributed by atoms with van der Waals surface area (Å²) in [5.41, 5.74) is 0. The van der Waals surface area contributed by atoms with Gasteiger partial charge in [0.2, 0.25) is 5.91 Å². The molecule has 0 fully saturated rings. The standard InChI is InChI=1S/C53H103NO5/c1-4-7-10-13-16-19-22-24-26-28-30-33-36-39-42-45-51(56)50(48-55)54-52(57)47-49(44-41-38-35-32-21-18-15-12-9-6-3)59-53(58)46-43-40-37-34-31-29-27-25-23-20-17-14-11-8-5-2/h20,23,49-51,55-56H,4-19,21-22,24-48H2,1-3H3,(H,54,57)/b23-20-. The number of aliphatic hydroxyl groups excluding tert-OH is 2. The third kappa shape index (κ3) is 43.1. The lowest BCUT2D eigenvalue weighted by Crippen LogP contribution is -2.46. The van der Waals surface area contributed by atoms with Crippen molar-refractivity contribution in [3.8, 4) is 0 Å². The fourth-order valence-electron chi connectivity index (χ4n) is 8.31. The minimum Gasteiger partial charge on any atom is -0.462 e. The molecule has 6 nitrogen and oxygen atoms in total. The van der Waals surface area contributed by atoms with E-state index in [1.165, 1.54) is 199 Å². The van der Waals surface area contributed by atoms with Gasteiger partial charge in [-0.3, -0.25) is 9.59 Å². The summed E-state index contributed by atoms with van der Waals surface area (Å²) in [6.07, 6.45) is 52.7. The van der Waals surface area contributed by atoms with Gasteiger partial charge < -0.3 is 20.3 Å². The van der Waals surface area contributed by atoms with E-state index in [9.17, 15) is 19.8 Å². The van der Waals surface area contributed by atoms with Crippen LogP contribution in [0.15, 0.2) is 12.2 Å². The molecule has 6 heteroatoms. The van der Waals surface area contributed by atoms with Gasteiger partial charge in [-0.2, -0.15) is 0 Å². The van der Waals surface area contributed by atoms with Crippen molar-refractivity contribution in [1.29, 1.82) is 0 Å². The molecule has 0 heterocycles. The van der Waals surface area contributed by atoms with Gasteiger partial charge in [0.05, 0.1) is 25.2 Å². The van der Waals surface area contributed by atoms with Gasteiger partial charge in [-0.25, -0.2) is 0 Å². The van der Waals surface area contributed by atoms with Gasteiger partial charge >= 0.3 is 5.97 Å². The normalized spacial score (nSPS) is 13.2. The van der Waals surface area contributed by atoms with E-state index in [-0.39, 0.29) is 24.9 Å². The molecule has 1 amide bonds. The predicted molar refractivity (Wildman–Crippen MR) is 255 cm³/mol. The molecule has 59 heavy (non-hydrogen) atoms. The molecule has 3 atom stereocenters. The van der Waals surface area contributed by atoms with Crippen LogP contribution in [0.5, 0.6) is 0 Å². The monoisotopic (exact) mass is 834 g/mol. The van der Waals surface area contributed by atoms with Crippen molar-refractivity contribution >= 4 is 11.9 Å². The van der Waals surface area contributed by atoms with Crippen LogP contribution in [-0.4, -0.2) is 46.9 Å². The Bertz CT molecular complexity index is 893. The van der Waals surface area contributed by atoms with E-state index in [1.807, 2.05) is 0 Å². The van der Waals surface area contributed by atoms with Gasteiger partial charge in [0.1, 0.15) is 6.10 Å². The summed E-state index contributed by atoms with van der Waals surface area (Å²) in [4.78, 5) is 26.1. The first-order valence-corrected chi connectivity index (χ1v) is 26.4. The smallest absolute Gasteiger partial charge is 0.306 e. The summed E-state index contributed by atoms with van der Waals surface area (Å²) >= 11 is 0. The lowest BCUT2D eigenvalue weighted by atomic mass is 10.0. The minimum absolute atomic E-state index is 0.0827. The molecule has 0 aromatic carbocycles. The molecule has 0 rings (SSSR count). The predicted octanol–water partition coefficient (Wildman–Crippen LogP) is 15.7. The number of esters is 1. The quantitative estimate of drug-likeness (QED) is 0.0322. The lowest BCUT2D eigenvalue weighted by Gasteiger charge is -2.24. The summed E-state index contributed by atoms with van der Waals surface area (Å²) < 4.78 is 5.93. The number of carbonyl (C=O) groups is 2. The van der Waals surface area contributed by atoms with Crippen molar-refractivity contribution in [2.75, 3.05) is 6.61 Å².